The summed E-state index contributed by atoms with van der Waals surface area (Å²) < 4.78 is 0. The van der Waals surface area contributed by atoms with E-state index in [9.17, 15) is 0 Å². The lowest BCUT2D eigenvalue weighted by molar-refractivity contribution is 1.37. The van der Waals surface area contributed by atoms with Crippen LogP contribution < -0.4 is 0 Å². The SMILES string of the molecule is c1cc2ccc3cc4cccc5c6c[nH]ccc6c(c1)c2c3c45. The Morgan fingerprint density at radius 3 is 2.13 bits per heavy atom. The summed E-state index contributed by atoms with van der Waals surface area (Å²) in [6, 6.07) is 22.3. The summed E-state index contributed by atoms with van der Waals surface area (Å²) in [5, 5.41) is 13.4. The molecule has 0 atom stereocenters. The number of hydrogen-bond donors (Lipinski definition) is 1. The van der Waals surface area contributed by atoms with Crippen LogP contribution in [0.2, 0.25) is 0 Å². The van der Waals surface area contributed by atoms with Gasteiger partial charge in [-0.2, -0.15) is 0 Å². The third-order valence-corrected chi connectivity index (χ3v) is 5.18. The second-order valence-corrected chi connectivity index (χ2v) is 6.32. The van der Waals surface area contributed by atoms with E-state index in [1.54, 1.807) is 0 Å². The molecule has 0 radical (unpaired) electrons. The Bertz CT molecular complexity index is 1330. The number of aromatic amines is 1. The van der Waals surface area contributed by atoms with E-state index in [1.807, 2.05) is 6.20 Å². The molecule has 0 amide bonds. The van der Waals surface area contributed by atoms with Crippen molar-refractivity contribution in [2.75, 3.05) is 0 Å². The second-order valence-electron chi connectivity index (χ2n) is 6.32. The van der Waals surface area contributed by atoms with E-state index in [2.05, 4.69) is 71.8 Å². The molecule has 6 rings (SSSR count). The zero-order valence-electron chi connectivity index (χ0n) is 12.4. The zero-order chi connectivity index (χ0) is 15.0. The highest BCUT2D eigenvalue weighted by Crippen LogP contribution is 2.43. The maximum Gasteiger partial charge on any atom is 0.00901 e. The third kappa shape index (κ3) is 1.29. The van der Waals surface area contributed by atoms with Crippen LogP contribution in [-0.4, -0.2) is 4.98 Å². The number of aromatic nitrogens is 1. The Morgan fingerprint density at radius 2 is 1.22 bits per heavy atom. The van der Waals surface area contributed by atoms with E-state index in [1.165, 1.54) is 53.9 Å². The van der Waals surface area contributed by atoms with Crippen molar-refractivity contribution in [1.29, 1.82) is 0 Å². The van der Waals surface area contributed by atoms with Crippen LogP contribution in [0.15, 0.2) is 73.1 Å². The summed E-state index contributed by atoms with van der Waals surface area (Å²) in [6.45, 7) is 0. The molecular weight excluding hydrogens is 278 g/mol. The fourth-order valence-electron chi connectivity index (χ4n) is 4.26. The standard InChI is InChI=1S/C22H13N/c1-3-13-7-8-15-11-14-4-2-6-18-19-12-23-10-9-16(19)17(5-1)20(13)22(15)21(14)18/h1-12,23H. The Hall–Kier alpha value is -3.06. The quantitative estimate of drug-likeness (QED) is 0.342. The molecule has 106 valence electrons. The first-order chi connectivity index (χ1) is 11.4. The smallest absolute Gasteiger partial charge is 0.00901 e. The van der Waals surface area contributed by atoms with Crippen LogP contribution in [0, 0.1) is 0 Å². The molecule has 0 aliphatic heterocycles. The summed E-state index contributed by atoms with van der Waals surface area (Å²) in [5.41, 5.74) is 0. The van der Waals surface area contributed by atoms with E-state index in [0.29, 0.717) is 0 Å². The van der Waals surface area contributed by atoms with Gasteiger partial charge in [-0.3, -0.25) is 0 Å². The predicted molar refractivity (Wildman–Crippen MR) is 99.5 cm³/mol. The van der Waals surface area contributed by atoms with Gasteiger partial charge < -0.3 is 4.98 Å². The minimum Gasteiger partial charge on any atom is -0.367 e. The topological polar surface area (TPSA) is 15.8 Å². The number of H-pyrrole nitrogens is 1. The molecule has 5 aromatic carbocycles. The fourth-order valence-corrected chi connectivity index (χ4v) is 4.26. The zero-order valence-corrected chi connectivity index (χ0v) is 12.4. The van der Waals surface area contributed by atoms with Gasteiger partial charge in [0.25, 0.3) is 0 Å². The van der Waals surface area contributed by atoms with Crippen molar-refractivity contribution in [3.8, 4) is 0 Å². The fraction of sp³-hybridized carbons (Fsp3) is 0. The van der Waals surface area contributed by atoms with Gasteiger partial charge in [0.15, 0.2) is 0 Å². The van der Waals surface area contributed by atoms with Crippen molar-refractivity contribution < 1.29 is 0 Å². The van der Waals surface area contributed by atoms with Crippen molar-refractivity contribution in [2.45, 2.75) is 0 Å². The molecular formula is C22H13N. The van der Waals surface area contributed by atoms with Crippen LogP contribution in [0.3, 0.4) is 0 Å². The molecule has 0 saturated heterocycles. The van der Waals surface area contributed by atoms with Crippen LogP contribution in [0.4, 0.5) is 0 Å². The molecule has 1 nitrogen and oxygen atoms in total. The molecule has 0 aliphatic rings. The summed E-state index contributed by atoms with van der Waals surface area (Å²) in [4.78, 5) is 3.27. The van der Waals surface area contributed by atoms with Gasteiger partial charge in [-0.15, -0.1) is 0 Å². The highest BCUT2D eigenvalue weighted by Gasteiger charge is 2.15. The van der Waals surface area contributed by atoms with E-state index in [0.717, 1.165) is 0 Å². The van der Waals surface area contributed by atoms with E-state index >= 15 is 0 Å². The first-order valence-electron chi connectivity index (χ1n) is 7.96. The molecule has 0 aliphatic carbocycles. The van der Waals surface area contributed by atoms with Crippen LogP contribution in [-0.2, 0) is 0 Å². The second kappa shape index (κ2) is 3.82. The van der Waals surface area contributed by atoms with Gasteiger partial charge in [-0.05, 0) is 60.6 Å². The summed E-state index contributed by atoms with van der Waals surface area (Å²) >= 11 is 0. The molecule has 23 heavy (non-hydrogen) atoms. The summed E-state index contributed by atoms with van der Waals surface area (Å²) in [7, 11) is 0. The van der Waals surface area contributed by atoms with Gasteiger partial charge in [0, 0.05) is 17.8 Å². The molecule has 1 aromatic heterocycles. The molecule has 0 unspecified atom stereocenters. The van der Waals surface area contributed by atoms with Crippen LogP contribution in [0.25, 0.3) is 53.9 Å². The Labute approximate surface area is 132 Å². The Balaban J connectivity index is 2.22. The molecule has 6 aromatic rings. The first kappa shape index (κ1) is 11.5. The van der Waals surface area contributed by atoms with Crippen LogP contribution in [0.5, 0.6) is 0 Å². The van der Waals surface area contributed by atoms with Crippen LogP contribution >= 0.6 is 0 Å². The number of hydrogen-bond acceptors (Lipinski definition) is 0. The lowest BCUT2D eigenvalue weighted by Gasteiger charge is -2.03. The van der Waals surface area contributed by atoms with Crippen LogP contribution in [0.1, 0.15) is 0 Å². The van der Waals surface area contributed by atoms with Gasteiger partial charge in [-0.25, -0.2) is 0 Å². The minimum absolute atomic E-state index is 1.29. The van der Waals surface area contributed by atoms with Crippen molar-refractivity contribution in [3.63, 3.8) is 0 Å². The van der Waals surface area contributed by atoms with Crippen molar-refractivity contribution in [1.82, 2.24) is 4.98 Å². The van der Waals surface area contributed by atoms with Gasteiger partial charge in [-0.1, -0.05) is 48.5 Å². The van der Waals surface area contributed by atoms with Gasteiger partial charge in [0.05, 0.1) is 0 Å². The van der Waals surface area contributed by atoms with Gasteiger partial charge in [0.1, 0.15) is 0 Å². The largest absolute Gasteiger partial charge is 0.367 e. The summed E-state index contributed by atoms with van der Waals surface area (Å²) in [5.74, 6) is 0. The maximum absolute atomic E-state index is 3.27. The monoisotopic (exact) mass is 291 g/mol. The first-order valence-corrected chi connectivity index (χ1v) is 7.96. The number of nitrogens with one attached hydrogen (secondary N) is 1. The average Bonchev–Trinajstić information content (AvgIpc) is 2.94. The van der Waals surface area contributed by atoms with E-state index in [-0.39, 0.29) is 0 Å². The Kier molecular flexibility index (Phi) is 1.91. The van der Waals surface area contributed by atoms with Gasteiger partial charge in [0.2, 0.25) is 0 Å². The van der Waals surface area contributed by atoms with Crippen molar-refractivity contribution >= 4 is 53.9 Å². The molecule has 0 spiro atoms. The molecule has 0 fully saturated rings. The van der Waals surface area contributed by atoms with E-state index < -0.39 is 0 Å². The highest BCUT2D eigenvalue weighted by atomic mass is 14.6. The normalized spacial score (nSPS) is 12.3. The molecule has 1 heteroatoms. The molecule has 0 bridgehead atoms. The maximum atomic E-state index is 3.27. The van der Waals surface area contributed by atoms with Crippen molar-refractivity contribution in [2.24, 2.45) is 0 Å². The average molecular weight is 291 g/mol. The third-order valence-electron chi connectivity index (χ3n) is 5.18. The van der Waals surface area contributed by atoms with Gasteiger partial charge >= 0.3 is 0 Å². The Morgan fingerprint density at radius 1 is 0.522 bits per heavy atom. The van der Waals surface area contributed by atoms with Crippen molar-refractivity contribution in [3.05, 3.63) is 73.1 Å². The predicted octanol–water partition coefficient (Wildman–Crippen LogP) is 6.22. The number of pyridine rings is 1. The van der Waals surface area contributed by atoms with E-state index in [4.69, 9.17) is 0 Å². The number of rotatable bonds is 0. The molecule has 1 heterocycles. The minimum atomic E-state index is 1.29. The molecule has 0 saturated carbocycles. The highest BCUT2D eigenvalue weighted by molar-refractivity contribution is 6.37. The number of benzene rings is 3. The lowest BCUT2D eigenvalue weighted by atomic mass is 10.0. The summed E-state index contributed by atoms with van der Waals surface area (Å²) in [6.07, 6.45) is 4.15. The molecule has 1 N–H and O–H groups in total. The lowest BCUT2D eigenvalue weighted by Crippen LogP contribution is -1.77. The number of fused-ring (bicyclic) bond motifs is 3.